The first-order valence-corrected chi connectivity index (χ1v) is 11.3. The molecule has 160 valence electrons. The number of carbonyl (C=O) groups is 1. The zero-order valence-electron chi connectivity index (χ0n) is 19.0. The fourth-order valence-electron chi connectivity index (χ4n) is 3.35. The number of esters is 1. The Bertz CT molecular complexity index is 384. The van der Waals surface area contributed by atoms with Crippen LogP contribution in [0.25, 0.3) is 0 Å². The van der Waals surface area contributed by atoms with E-state index < -0.39 is 0 Å². The van der Waals surface area contributed by atoms with Crippen LogP contribution in [0.15, 0.2) is 12.2 Å². The standard InChI is InChI=1S/C24H47NO2/c1-7-8-9-10-11-12-13-14-15-16-17-18-22(24(4,5)6)25-19-20-27-23(26)21(2)3/h22,25H,2,7-20H2,1,3-6H3. The Kier molecular flexibility index (Phi) is 15.7. The lowest BCUT2D eigenvalue weighted by atomic mass is 9.83. The van der Waals surface area contributed by atoms with Crippen molar-refractivity contribution < 1.29 is 9.53 Å². The highest BCUT2D eigenvalue weighted by Gasteiger charge is 2.23. The monoisotopic (exact) mass is 381 g/mol. The molecule has 1 atom stereocenters. The van der Waals surface area contributed by atoms with Gasteiger partial charge in [-0.2, -0.15) is 0 Å². The Morgan fingerprint density at radius 2 is 1.41 bits per heavy atom. The molecule has 3 heteroatoms. The van der Waals surface area contributed by atoms with E-state index in [-0.39, 0.29) is 11.4 Å². The minimum atomic E-state index is -0.297. The van der Waals surface area contributed by atoms with Gasteiger partial charge >= 0.3 is 5.97 Å². The van der Waals surface area contributed by atoms with Crippen molar-refractivity contribution in [3.63, 3.8) is 0 Å². The number of rotatable bonds is 17. The minimum absolute atomic E-state index is 0.219. The second-order valence-corrected chi connectivity index (χ2v) is 9.11. The van der Waals surface area contributed by atoms with Gasteiger partial charge in [0, 0.05) is 18.2 Å². The van der Waals surface area contributed by atoms with Crippen LogP contribution < -0.4 is 5.32 Å². The van der Waals surface area contributed by atoms with Gasteiger partial charge < -0.3 is 10.1 Å². The molecule has 0 radical (unpaired) electrons. The number of carbonyl (C=O) groups excluding carboxylic acids is 1. The fraction of sp³-hybridized carbons (Fsp3) is 0.875. The third-order valence-corrected chi connectivity index (χ3v) is 5.22. The molecule has 0 aromatic carbocycles. The van der Waals surface area contributed by atoms with Crippen LogP contribution in [0.4, 0.5) is 0 Å². The van der Waals surface area contributed by atoms with Gasteiger partial charge in [0.1, 0.15) is 6.61 Å². The van der Waals surface area contributed by atoms with Crippen LogP contribution in [-0.4, -0.2) is 25.2 Å². The van der Waals surface area contributed by atoms with Gasteiger partial charge in [-0.25, -0.2) is 4.79 Å². The smallest absolute Gasteiger partial charge is 0.333 e. The summed E-state index contributed by atoms with van der Waals surface area (Å²) < 4.78 is 5.18. The summed E-state index contributed by atoms with van der Waals surface area (Å²) in [6.45, 7) is 15.5. The Balaban J connectivity index is 3.75. The Morgan fingerprint density at radius 1 is 0.926 bits per heavy atom. The van der Waals surface area contributed by atoms with Gasteiger partial charge in [-0.3, -0.25) is 0 Å². The van der Waals surface area contributed by atoms with Crippen molar-refractivity contribution in [2.75, 3.05) is 13.2 Å². The molecule has 0 aromatic rings. The van der Waals surface area contributed by atoms with Crippen LogP contribution in [0.3, 0.4) is 0 Å². The van der Waals surface area contributed by atoms with E-state index in [1.54, 1.807) is 6.92 Å². The summed E-state index contributed by atoms with van der Waals surface area (Å²) in [7, 11) is 0. The SMILES string of the molecule is C=C(C)C(=O)OCCNC(CCCCCCCCCCCCC)C(C)(C)C. The van der Waals surface area contributed by atoms with Crippen molar-refractivity contribution in [2.24, 2.45) is 5.41 Å². The number of unbranched alkanes of at least 4 members (excludes halogenated alkanes) is 10. The predicted molar refractivity (Wildman–Crippen MR) is 118 cm³/mol. The first kappa shape index (κ1) is 26.2. The third kappa shape index (κ3) is 15.9. The maximum atomic E-state index is 11.4. The molecular formula is C24H47NO2. The average molecular weight is 382 g/mol. The quantitative estimate of drug-likeness (QED) is 0.171. The van der Waals surface area contributed by atoms with Crippen LogP contribution in [0.2, 0.25) is 0 Å². The van der Waals surface area contributed by atoms with Crippen molar-refractivity contribution >= 4 is 5.97 Å². The van der Waals surface area contributed by atoms with Crippen molar-refractivity contribution in [1.29, 1.82) is 0 Å². The molecule has 0 amide bonds. The summed E-state index contributed by atoms with van der Waals surface area (Å²) >= 11 is 0. The number of nitrogens with one attached hydrogen (secondary N) is 1. The predicted octanol–water partition coefficient (Wildman–Crippen LogP) is 6.81. The van der Waals surface area contributed by atoms with Crippen molar-refractivity contribution in [3.8, 4) is 0 Å². The third-order valence-electron chi connectivity index (χ3n) is 5.22. The second-order valence-electron chi connectivity index (χ2n) is 9.11. The van der Waals surface area contributed by atoms with E-state index >= 15 is 0 Å². The van der Waals surface area contributed by atoms with Gasteiger partial charge in [-0.1, -0.05) is 105 Å². The molecule has 3 nitrogen and oxygen atoms in total. The molecule has 0 spiro atoms. The van der Waals surface area contributed by atoms with Crippen molar-refractivity contribution in [3.05, 3.63) is 12.2 Å². The molecule has 0 saturated heterocycles. The molecule has 0 saturated carbocycles. The molecule has 0 bridgehead atoms. The van der Waals surface area contributed by atoms with E-state index in [0.717, 1.165) is 0 Å². The van der Waals surface area contributed by atoms with E-state index in [0.29, 0.717) is 24.8 Å². The van der Waals surface area contributed by atoms with Crippen LogP contribution >= 0.6 is 0 Å². The molecule has 27 heavy (non-hydrogen) atoms. The molecule has 0 aliphatic carbocycles. The Hall–Kier alpha value is -0.830. The average Bonchev–Trinajstić information content (AvgIpc) is 2.59. The summed E-state index contributed by atoms with van der Waals surface area (Å²) in [6, 6.07) is 0.458. The summed E-state index contributed by atoms with van der Waals surface area (Å²) in [5.41, 5.74) is 0.681. The van der Waals surface area contributed by atoms with Crippen LogP contribution in [0.5, 0.6) is 0 Å². The van der Waals surface area contributed by atoms with Crippen LogP contribution in [-0.2, 0) is 9.53 Å². The largest absolute Gasteiger partial charge is 0.461 e. The molecule has 1 unspecified atom stereocenters. The minimum Gasteiger partial charge on any atom is -0.461 e. The van der Waals surface area contributed by atoms with Gasteiger partial charge in [-0.15, -0.1) is 0 Å². The summed E-state index contributed by atoms with van der Waals surface area (Å²) in [5, 5.41) is 3.58. The summed E-state index contributed by atoms with van der Waals surface area (Å²) in [4.78, 5) is 11.4. The lowest BCUT2D eigenvalue weighted by Crippen LogP contribution is -2.42. The second kappa shape index (κ2) is 16.2. The van der Waals surface area contributed by atoms with Gasteiger partial charge in [0.25, 0.3) is 0 Å². The van der Waals surface area contributed by atoms with Crippen LogP contribution in [0, 0.1) is 5.41 Å². The Labute approximate surface area is 169 Å². The van der Waals surface area contributed by atoms with E-state index in [2.05, 4.69) is 39.6 Å². The van der Waals surface area contributed by atoms with E-state index in [1.165, 1.54) is 77.0 Å². The van der Waals surface area contributed by atoms with Crippen LogP contribution in [0.1, 0.15) is 112 Å². The maximum Gasteiger partial charge on any atom is 0.333 e. The summed E-state index contributed by atoms with van der Waals surface area (Å²) in [6.07, 6.45) is 16.4. The maximum absolute atomic E-state index is 11.4. The summed E-state index contributed by atoms with van der Waals surface area (Å²) in [5.74, 6) is -0.297. The zero-order valence-corrected chi connectivity index (χ0v) is 19.0. The molecule has 0 aliphatic rings. The van der Waals surface area contributed by atoms with Crippen molar-refractivity contribution in [2.45, 2.75) is 118 Å². The molecule has 0 aromatic heterocycles. The molecular weight excluding hydrogens is 334 g/mol. The Morgan fingerprint density at radius 3 is 1.85 bits per heavy atom. The van der Waals surface area contributed by atoms with E-state index in [1.807, 2.05) is 0 Å². The zero-order chi connectivity index (χ0) is 20.5. The van der Waals surface area contributed by atoms with Crippen molar-refractivity contribution in [1.82, 2.24) is 5.32 Å². The molecule has 0 heterocycles. The van der Waals surface area contributed by atoms with Gasteiger partial charge in [0.05, 0.1) is 0 Å². The lowest BCUT2D eigenvalue weighted by molar-refractivity contribution is -0.138. The fourth-order valence-corrected chi connectivity index (χ4v) is 3.35. The van der Waals surface area contributed by atoms with Gasteiger partial charge in [0.2, 0.25) is 0 Å². The van der Waals surface area contributed by atoms with E-state index in [4.69, 9.17) is 4.74 Å². The molecule has 0 fully saturated rings. The first-order valence-electron chi connectivity index (χ1n) is 11.3. The topological polar surface area (TPSA) is 38.3 Å². The lowest BCUT2D eigenvalue weighted by Gasteiger charge is -2.32. The highest BCUT2D eigenvalue weighted by molar-refractivity contribution is 5.86. The van der Waals surface area contributed by atoms with Gasteiger partial charge in [0.15, 0.2) is 0 Å². The van der Waals surface area contributed by atoms with Gasteiger partial charge in [-0.05, 0) is 18.8 Å². The number of ether oxygens (including phenoxy) is 1. The molecule has 0 aliphatic heterocycles. The highest BCUT2D eigenvalue weighted by atomic mass is 16.5. The number of hydrogen-bond donors (Lipinski definition) is 1. The van der Waals surface area contributed by atoms with E-state index in [9.17, 15) is 4.79 Å². The molecule has 1 N–H and O–H groups in total. The highest BCUT2D eigenvalue weighted by Crippen LogP contribution is 2.24. The first-order chi connectivity index (χ1) is 12.8. The number of hydrogen-bond acceptors (Lipinski definition) is 3. The molecule has 0 rings (SSSR count). The normalized spacial score (nSPS) is 12.8.